The van der Waals surface area contributed by atoms with Crippen LogP contribution in [0.25, 0.3) is 0 Å². The summed E-state index contributed by atoms with van der Waals surface area (Å²) < 4.78 is 0. The van der Waals surface area contributed by atoms with Crippen LogP contribution in [0, 0.1) is 0 Å². The van der Waals surface area contributed by atoms with Crippen LogP contribution in [0.15, 0.2) is 4.99 Å². The van der Waals surface area contributed by atoms with Gasteiger partial charge in [0.2, 0.25) is 0 Å². The smallest absolute Gasteiger partial charge is 0.0474 e. The van der Waals surface area contributed by atoms with Crippen LogP contribution in [0.1, 0.15) is 0 Å². The Morgan fingerprint density at radius 1 is 1.57 bits per heavy atom. The molecular weight excluding hydrogens is 106 g/mol. The molecule has 1 rings (SSSR count). The molecule has 0 saturated carbocycles. The van der Waals surface area contributed by atoms with Crippen LogP contribution in [0.4, 0.5) is 0 Å². The Labute approximate surface area is 46.1 Å². The summed E-state index contributed by atoms with van der Waals surface area (Å²) in [5.74, 6) is 1.31. The normalized spacial score (nSPS) is 30.6. The minimum Gasteiger partial charge on any atom is -0.287 e. The molecule has 0 fully saturated rings. The van der Waals surface area contributed by atoms with E-state index in [1.807, 2.05) is 0 Å². The molecule has 0 aromatic carbocycles. The molecule has 7 heavy (non-hydrogen) atoms. The molecule has 1 nitrogen and oxygen atoms in total. The van der Waals surface area contributed by atoms with Crippen molar-refractivity contribution in [2.75, 3.05) is 24.8 Å². The molecule has 0 N–H and O–H groups in total. The standard InChI is InChI=1S/C5H11NS/c1-7(2)4-3-6-5-7/h5H,3-4H2,1-2H3. The SMILES string of the molecule is CS1(C)C=NCC1. The summed E-state index contributed by atoms with van der Waals surface area (Å²) in [5.41, 5.74) is 2.13. The third kappa shape index (κ3) is 1.20. The third-order valence-electron chi connectivity index (χ3n) is 1.11. The molecule has 1 aliphatic heterocycles. The molecule has 2 heteroatoms. The van der Waals surface area contributed by atoms with E-state index in [-0.39, 0.29) is 10.0 Å². The van der Waals surface area contributed by atoms with Gasteiger partial charge in [-0.3, -0.25) is 4.99 Å². The van der Waals surface area contributed by atoms with E-state index < -0.39 is 0 Å². The zero-order valence-corrected chi connectivity index (χ0v) is 5.66. The maximum Gasteiger partial charge on any atom is 0.0474 e. The molecule has 0 unspecified atom stereocenters. The van der Waals surface area contributed by atoms with Crippen LogP contribution >= 0.6 is 10.0 Å². The fraction of sp³-hybridized carbons (Fsp3) is 0.800. The zero-order chi connectivity index (χ0) is 5.33. The van der Waals surface area contributed by atoms with Gasteiger partial charge in [0.25, 0.3) is 0 Å². The Morgan fingerprint density at radius 3 is 2.43 bits per heavy atom. The number of rotatable bonds is 0. The van der Waals surface area contributed by atoms with E-state index in [0.717, 1.165) is 6.54 Å². The highest BCUT2D eigenvalue weighted by Gasteiger charge is 2.11. The molecular formula is C5H11NS. The lowest BCUT2D eigenvalue weighted by Gasteiger charge is -2.17. The van der Waals surface area contributed by atoms with Gasteiger partial charge in [0.1, 0.15) is 0 Å². The Hall–Kier alpha value is 0.0200. The summed E-state index contributed by atoms with van der Waals surface area (Å²) in [7, 11) is -0.338. The van der Waals surface area contributed by atoms with E-state index in [9.17, 15) is 0 Å². The first-order valence-corrected chi connectivity index (χ1v) is 5.10. The second-order valence-corrected chi connectivity index (χ2v) is 6.21. The second-order valence-electron chi connectivity index (χ2n) is 2.34. The zero-order valence-electron chi connectivity index (χ0n) is 4.85. The average Bonchev–Trinajstić information content (AvgIpc) is 1.84. The van der Waals surface area contributed by atoms with Crippen LogP contribution in [-0.2, 0) is 0 Å². The van der Waals surface area contributed by atoms with E-state index in [4.69, 9.17) is 0 Å². The Balaban J connectivity index is 2.57. The minimum atomic E-state index is -0.338. The molecule has 0 saturated heterocycles. The predicted octanol–water partition coefficient (Wildman–Crippen LogP) is 1.09. The van der Waals surface area contributed by atoms with Crippen molar-refractivity contribution in [3.05, 3.63) is 0 Å². The highest BCUT2D eigenvalue weighted by Crippen LogP contribution is 2.38. The van der Waals surface area contributed by atoms with Crippen molar-refractivity contribution in [2.45, 2.75) is 0 Å². The first-order valence-electron chi connectivity index (χ1n) is 2.42. The van der Waals surface area contributed by atoms with E-state index in [1.54, 1.807) is 0 Å². The molecule has 1 aliphatic rings. The van der Waals surface area contributed by atoms with Gasteiger partial charge in [0.15, 0.2) is 0 Å². The highest BCUT2D eigenvalue weighted by molar-refractivity contribution is 8.43. The predicted molar refractivity (Wildman–Crippen MR) is 37.7 cm³/mol. The molecule has 1 heterocycles. The van der Waals surface area contributed by atoms with Crippen molar-refractivity contribution in [1.29, 1.82) is 0 Å². The van der Waals surface area contributed by atoms with Gasteiger partial charge in [0, 0.05) is 17.8 Å². The Bertz CT molecular complexity index is 96.3. The van der Waals surface area contributed by atoms with Gasteiger partial charge in [-0.2, -0.15) is 0 Å². The van der Waals surface area contributed by atoms with Crippen LogP contribution in [0.2, 0.25) is 0 Å². The quantitative estimate of drug-likeness (QED) is 0.450. The van der Waals surface area contributed by atoms with Gasteiger partial charge in [-0.05, 0) is 12.5 Å². The van der Waals surface area contributed by atoms with Gasteiger partial charge < -0.3 is 0 Å². The van der Waals surface area contributed by atoms with Crippen LogP contribution in [-0.4, -0.2) is 30.4 Å². The van der Waals surface area contributed by atoms with Crippen molar-refractivity contribution in [3.8, 4) is 0 Å². The molecule has 0 amide bonds. The number of hydrogen-bond acceptors (Lipinski definition) is 1. The van der Waals surface area contributed by atoms with E-state index >= 15 is 0 Å². The van der Waals surface area contributed by atoms with Gasteiger partial charge in [-0.15, -0.1) is 0 Å². The van der Waals surface area contributed by atoms with E-state index in [2.05, 4.69) is 23.1 Å². The third-order valence-corrected chi connectivity index (χ3v) is 3.06. The lowest BCUT2D eigenvalue weighted by atomic mass is 10.8. The van der Waals surface area contributed by atoms with Gasteiger partial charge in [-0.1, -0.05) is 0 Å². The molecule has 0 aromatic rings. The molecule has 0 aromatic heterocycles. The lowest BCUT2D eigenvalue weighted by Crippen LogP contribution is -1.95. The van der Waals surface area contributed by atoms with Crippen LogP contribution in [0.5, 0.6) is 0 Å². The first-order chi connectivity index (χ1) is 3.21. The van der Waals surface area contributed by atoms with E-state index in [1.165, 1.54) is 5.75 Å². The topological polar surface area (TPSA) is 12.4 Å². The summed E-state index contributed by atoms with van der Waals surface area (Å²) in [6.45, 7) is 1.07. The summed E-state index contributed by atoms with van der Waals surface area (Å²) in [6, 6.07) is 0. The van der Waals surface area contributed by atoms with E-state index in [0.29, 0.717) is 0 Å². The largest absolute Gasteiger partial charge is 0.287 e. The van der Waals surface area contributed by atoms with Crippen LogP contribution < -0.4 is 0 Å². The fourth-order valence-corrected chi connectivity index (χ4v) is 1.79. The molecule has 0 bridgehead atoms. The molecule has 0 radical (unpaired) electrons. The lowest BCUT2D eigenvalue weighted by molar-refractivity contribution is 1.18. The highest BCUT2D eigenvalue weighted by atomic mass is 32.3. The van der Waals surface area contributed by atoms with Crippen molar-refractivity contribution in [3.63, 3.8) is 0 Å². The monoisotopic (exact) mass is 117 g/mol. The maximum absolute atomic E-state index is 4.15. The first kappa shape index (κ1) is 5.16. The number of aliphatic imine (C=N–C) groups is 1. The number of hydrogen-bond donors (Lipinski definition) is 0. The molecule has 0 aliphatic carbocycles. The summed E-state index contributed by atoms with van der Waals surface area (Å²) in [4.78, 5) is 4.15. The molecule has 0 atom stereocenters. The van der Waals surface area contributed by atoms with Crippen molar-refractivity contribution in [1.82, 2.24) is 0 Å². The Kier molecular flexibility index (Phi) is 1.11. The maximum atomic E-state index is 4.15. The summed E-state index contributed by atoms with van der Waals surface area (Å²) in [6.07, 6.45) is 4.59. The average molecular weight is 117 g/mol. The van der Waals surface area contributed by atoms with Crippen molar-refractivity contribution < 1.29 is 0 Å². The summed E-state index contributed by atoms with van der Waals surface area (Å²) >= 11 is 0. The summed E-state index contributed by atoms with van der Waals surface area (Å²) in [5, 5.41) is 0. The van der Waals surface area contributed by atoms with Crippen molar-refractivity contribution in [2.24, 2.45) is 4.99 Å². The van der Waals surface area contributed by atoms with Gasteiger partial charge >= 0.3 is 0 Å². The van der Waals surface area contributed by atoms with Crippen LogP contribution in [0.3, 0.4) is 0 Å². The Morgan fingerprint density at radius 2 is 2.29 bits per heavy atom. The fourth-order valence-electron chi connectivity index (χ4n) is 0.595. The number of nitrogens with zero attached hydrogens (tertiary/aromatic N) is 1. The van der Waals surface area contributed by atoms with Gasteiger partial charge in [0.05, 0.1) is 0 Å². The minimum absolute atomic E-state index is 0.338. The second kappa shape index (κ2) is 1.51. The molecule has 42 valence electrons. The van der Waals surface area contributed by atoms with Gasteiger partial charge in [-0.25, -0.2) is 10.0 Å². The molecule has 0 spiro atoms. The van der Waals surface area contributed by atoms with Crippen molar-refractivity contribution >= 4 is 15.6 Å².